The van der Waals surface area contributed by atoms with Gasteiger partial charge in [-0.1, -0.05) is 34.1 Å². The van der Waals surface area contributed by atoms with E-state index in [9.17, 15) is 28.1 Å². The standard InChI is InChI=1S/C29H33BrN4O7S/c1-19(2)31-29(36)21(4)32(17-22-7-9-23(30)10-8-22)28(35)18-33(24-11-13-25(41-5)14-12-24)42(39,40)26-15-6-20(3)27(16-26)34(37)38/h6-16,19,21H,17-18H2,1-5H3,(H,31,36)/t21-/m1/s1. The summed E-state index contributed by atoms with van der Waals surface area (Å²) in [5, 5.41) is 14.4. The summed E-state index contributed by atoms with van der Waals surface area (Å²) in [6.07, 6.45) is 0. The van der Waals surface area contributed by atoms with Gasteiger partial charge in [-0.2, -0.15) is 0 Å². The number of amides is 2. The Labute approximate surface area is 253 Å². The average molecular weight is 662 g/mol. The van der Waals surface area contributed by atoms with Crippen LogP contribution >= 0.6 is 15.9 Å². The first-order chi connectivity index (χ1) is 19.7. The fraction of sp³-hybridized carbons (Fsp3) is 0.310. The number of carbonyl (C=O) groups excluding carboxylic acids is 2. The molecule has 3 aromatic carbocycles. The molecular weight excluding hydrogens is 628 g/mol. The molecule has 1 N–H and O–H groups in total. The molecule has 0 aliphatic carbocycles. The number of carbonyl (C=O) groups is 2. The smallest absolute Gasteiger partial charge is 0.273 e. The lowest BCUT2D eigenvalue weighted by atomic mass is 10.1. The van der Waals surface area contributed by atoms with E-state index >= 15 is 0 Å². The molecule has 1 atom stereocenters. The van der Waals surface area contributed by atoms with Gasteiger partial charge in [0, 0.05) is 28.7 Å². The van der Waals surface area contributed by atoms with Crippen LogP contribution in [0.1, 0.15) is 31.9 Å². The summed E-state index contributed by atoms with van der Waals surface area (Å²) in [5.41, 5.74) is 0.781. The zero-order chi connectivity index (χ0) is 31.2. The van der Waals surface area contributed by atoms with Crippen molar-refractivity contribution in [1.29, 1.82) is 0 Å². The number of halogens is 1. The summed E-state index contributed by atoms with van der Waals surface area (Å²) < 4.78 is 34.9. The van der Waals surface area contributed by atoms with Gasteiger partial charge in [-0.05, 0) is 75.7 Å². The molecule has 0 spiro atoms. The maximum atomic E-state index is 14.0. The molecule has 0 unspecified atom stereocenters. The summed E-state index contributed by atoms with van der Waals surface area (Å²) in [6, 6.07) is 15.7. The first-order valence-corrected chi connectivity index (χ1v) is 15.2. The summed E-state index contributed by atoms with van der Waals surface area (Å²) in [4.78, 5) is 38.8. The Kier molecular flexibility index (Phi) is 10.7. The molecule has 13 heteroatoms. The number of methoxy groups -OCH3 is 1. The van der Waals surface area contributed by atoms with Gasteiger partial charge in [-0.25, -0.2) is 8.42 Å². The first-order valence-electron chi connectivity index (χ1n) is 13.0. The van der Waals surface area contributed by atoms with Crippen LogP contribution in [0.3, 0.4) is 0 Å². The predicted molar refractivity (Wildman–Crippen MR) is 163 cm³/mol. The highest BCUT2D eigenvalue weighted by Gasteiger charge is 2.33. The first kappa shape index (κ1) is 32.5. The lowest BCUT2D eigenvalue weighted by Gasteiger charge is -2.32. The second-order valence-corrected chi connectivity index (χ2v) is 12.7. The van der Waals surface area contributed by atoms with Crippen molar-refractivity contribution in [3.05, 3.63) is 92.4 Å². The van der Waals surface area contributed by atoms with E-state index < -0.39 is 39.3 Å². The van der Waals surface area contributed by atoms with Crippen LogP contribution in [-0.4, -0.2) is 55.8 Å². The van der Waals surface area contributed by atoms with Crippen molar-refractivity contribution in [3.8, 4) is 5.75 Å². The van der Waals surface area contributed by atoms with E-state index in [4.69, 9.17) is 4.74 Å². The second kappa shape index (κ2) is 13.8. The van der Waals surface area contributed by atoms with Crippen LogP contribution < -0.4 is 14.4 Å². The monoisotopic (exact) mass is 660 g/mol. The van der Waals surface area contributed by atoms with E-state index in [2.05, 4.69) is 21.2 Å². The van der Waals surface area contributed by atoms with Crippen molar-refractivity contribution in [2.24, 2.45) is 0 Å². The van der Waals surface area contributed by atoms with Crippen LogP contribution in [0.2, 0.25) is 0 Å². The van der Waals surface area contributed by atoms with Gasteiger partial charge in [0.25, 0.3) is 15.7 Å². The predicted octanol–water partition coefficient (Wildman–Crippen LogP) is 4.81. The molecule has 42 heavy (non-hydrogen) atoms. The zero-order valence-corrected chi connectivity index (χ0v) is 26.3. The maximum Gasteiger partial charge on any atom is 0.273 e. The molecule has 0 fully saturated rings. The largest absolute Gasteiger partial charge is 0.497 e. The molecule has 11 nitrogen and oxygen atoms in total. The summed E-state index contributed by atoms with van der Waals surface area (Å²) in [5.74, 6) is -0.585. The minimum Gasteiger partial charge on any atom is -0.497 e. The maximum absolute atomic E-state index is 14.0. The normalized spacial score (nSPS) is 12.0. The van der Waals surface area contributed by atoms with Crippen LogP contribution in [0, 0.1) is 17.0 Å². The minimum absolute atomic E-state index is 0.0330. The number of rotatable bonds is 12. The van der Waals surface area contributed by atoms with Crippen molar-refractivity contribution < 1.29 is 27.7 Å². The molecule has 3 aromatic rings. The molecule has 0 aliphatic rings. The lowest BCUT2D eigenvalue weighted by molar-refractivity contribution is -0.385. The van der Waals surface area contributed by atoms with E-state index in [1.165, 1.54) is 55.3 Å². The van der Waals surface area contributed by atoms with Crippen LogP contribution in [-0.2, 0) is 26.2 Å². The third-order valence-corrected chi connectivity index (χ3v) is 8.77. The van der Waals surface area contributed by atoms with E-state index in [1.54, 1.807) is 45.0 Å². The number of sulfonamides is 1. The topological polar surface area (TPSA) is 139 Å². The van der Waals surface area contributed by atoms with Crippen molar-refractivity contribution in [3.63, 3.8) is 0 Å². The highest BCUT2D eigenvalue weighted by Crippen LogP contribution is 2.29. The number of anilines is 1. The lowest BCUT2D eigenvalue weighted by Crippen LogP contribution is -2.52. The zero-order valence-electron chi connectivity index (χ0n) is 23.9. The third kappa shape index (κ3) is 7.85. The number of nitro benzene ring substituents is 1. The molecule has 224 valence electrons. The fourth-order valence-corrected chi connectivity index (χ4v) is 5.82. The van der Waals surface area contributed by atoms with Gasteiger partial charge in [0.1, 0.15) is 18.3 Å². The number of nitrogens with one attached hydrogen (secondary N) is 1. The van der Waals surface area contributed by atoms with Gasteiger partial charge in [0.05, 0.1) is 22.6 Å². The van der Waals surface area contributed by atoms with E-state index in [-0.39, 0.29) is 34.4 Å². The Hall–Kier alpha value is -3.97. The Morgan fingerprint density at radius 1 is 1.02 bits per heavy atom. The highest BCUT2D eigenvalue weighted by molar-refractivity contribution is 9.10. The molecule has 0 saturated heterocycles. The molecule has 0 aromatic heterocycles. The summed E-state index contributed by atoms with van der Waals surface area (Å²) >= 11 is 3.38. The van der Waals surface area contributed by atoms with E-state index in [0.717, 1.165) is 20.4 Å². The Morgan fingerprint density at radius 2 is 1.64 bits per heavy atom. The molecule has 0 saturated carbocycles. The SMILES string of the molecule is COc1ccc(N(CC(=O)N(Cc2ccc(Br)cc2)[C@H](C)C(=O)NC(C)C)S(=O)(=O)c2ccc(C)c([N+](=O)[O-])c2)cc1. The Morgan fingerprint density at radius 3 is 2.19 bits per heavy atom. The van der Waals surface area contributed by atoms with Crippen LogP contribution in [0.5, 0.6) is 5.75 Å². The molecule has 0 radical (unpaired) electrons. The number of ether oxygens (including phenoxy) is 1. The molecule has 3 rings (SSSR count). The van der Waals surface area contributed by atoms with Crippen LogP contribution in [0.4, 0.5) is 11.4 Å². The highest BCUT2D eigenvalue weighted by atomic mass is 79.9. The summed E-state index contributed by atoms with van der Waals surface area (Å²) in [6.45, 7) is 6.03. The van der Waals surface area contributed by atoms with E-state index in [1.807, 2.05) is 0 Å². The van der Waals surface area contributed by atoms with Crippen molar-refractivity contribution in [2.75, 3.05) is 18.0 Å². The van der Waals surface area contributed by atoms with Crippen LogP contribution in [0.15, 0.2) is 76.1 Å². The van der Waals surface area contributed by atoms with Gasteiger partial charge < -0.3 is 15.0 Å². The van der Waals surface area contributed by atoms with Crippen molar-refractivity contribution in [2.45, 2.75) is 51.2 Å². The van der Waals surface area contributed by atoms with Gasteiger partial charge >= 0.3 is 0 Å². The molecular formula is C29H33BrN4O7S. The number of aryl methyl sites for hydroxylation is 1. The van der Waals surface area contributed by atoms with Gasteiger partial charge in [-0.3, -0.25) is 24.0 Å². The van der Waals surface area contributed by atoms with Gasteiger partial charge in [0.2, 0.25) is 11.8 Å². The van der Waals surface area contributed by atoms with Crippen LogP contribution in [0.25, 0.3) is 0 Å². The Bertz CT molecular complexity index is 1550. The summed E-state index contributed by atoms with van der Waals surface area (Å²) in [7, 11) is -3.02. The number of hydrogen-bond acceptors (Lipinski definition) is 7. The number of nitro groups is 1. The molecule has 0 bridgehead atoms. The third-order valence-electron chi connectivity index (χ3n) is 6.47. The van der Waals surface area contributed by atoms with Crippen molar-refractivity contribution >= 4 is 49.1 Å². The molecule has 2 amide bonds. The number of benzene rings is 3. The quantitative estimate of drug-likeness (QED) is 0.217. The van der Waals surface area contributed by atoms with Gasteiger partial charge in [0.15, 0.2) is 0 Å². The minimum atomic E-state index is -4.48. The Balaban J connectivity index is 2.09. The van der Waals surface area contributed by atoms with E-state index in [0.29, 0.717) is 5.75 Å². The fourth-order valence-electron chi connectivity index (χ4n) is 4.13. The number of hydrogen-bond donors (Lipinski definition) is 1. The average Bonchev–Trinajstić information content (AvgIpc) is 2.94. The van der Waals surface area contributed by atoms with Crippen molar-refractivity contribution in [1.82, 2.24) is 10.2 Å². The number of nitrogens with zero attached hydrogens (tertiary/aromatic N) is 3. The second-order valence-electron chi connectivity index (χ2n) is 9.90. The van der Waals surface area contributed by atoms with Gasteiger partial charge in [-0.15, -0.1) is 0 Å². The molecule has 0 heterocycles. The molecule has 0 aliphatic heterocycles.